The van der Waals surface area contributed by atoms with Crippen LogP contribution in [0.5, 0.6) is 0 Å². The van der Waals surface area contributed by atoms with Gasteiger partial charge in [-0.2, -0.15) is 0 Å². The average molecular weight is 465 g/mol. The molecule has 34 heavy (non-hydrogen) atoms. The van der Waals surface area contributed by atoms with Gasteiger partial charge >= 0.3 is 0 Å². The van der Waals surface area contributed by atoms with Crippen molar-refractivity contribution in [1.82, 2.24) is 4.48 Å². The Bertz CT molecular complexity index is 673. The SMILES string of the molecule is CCCCCCCCCC[N+](CCCCCCCCCC)(Cc1ccccc1)c1ccccc1. The fourth-order valence-corrected chi connectivity index (χ4v) is 5.39. The van der Waals surface area contributed by atoms with E-state index in [-0.39, 0.29) is 0 Å². The summed E-state index contributed by atoms with van der Waals surface area (Å²) < 4.78 is 1.12. The molecule has 1 heteroatoms. The van der Waals surface area contributed by atoms with Crippen LogP contribution in [0.25, 0.3) is 0 Å². The van der Waals surface area contributed by atoms with Crippen molar-refractivity contribution < 1.29 is 0 Å². The Morgan fingerprint density at radius 3 is 1.26 bits per heavy atom. The number of benzene rings is 2. The Morgan fingerprint density at radius 1 is 0.441 bits per heavy atom. The van der Waals surface area contributed by atoms with E-state index >= 15 is 0 Å². The van der Waals surface area contributed by atoms with Crippen molar-refractivity contribution in [3.8, 4) is 0 Å². The zero-order valence-corrected chi connectivity index (χ0v) is 22.7. The van der Waals surface area contributed by atoms with Crippen molar-refractivity contribution in [2.75, 3.05) is 13.1 Å². The van der Waals surface area contributed by atoms with Crippen molar-refractivity contribution in [2.45, 2.75) is 123 Å². The molecule has 2 aromatic carbocycles. The van der Waals surface area contributed by atoms with Crippen LogP contribution in [-0.2, 0) is 6.54 Å². The summed E-state index contributed by atoms with van der Waals surface area (Å²) in [5, 5.41) is 0. The van der Waals surface area contributed by atoms with Crippen LogP contribution < -0.4 is 4.48 Å². The third-order valence-electron chi connectivity index (χ3n) is 7.51. The molecule has 0 bridgehead atoms. The van der Waals surface area contributed by atoms with E-state index in [1.165, 1.54) is 127 Å². The van der Waals surface area contributed by atoms with E-state index in [2.05, 4.69) is 74.5 Å². The smallest absolute Gasteiger partial charge is 0.133 e. The lowest BCUT2D eigenvalue weighted by molar-refractivity contribution is 0.250. The Morgan fingerprint density at radius 2 is 0.824 bits per heavy atom. The zero-order valence-electron chi connectivity index (χ0n) is 22.7. The summed E-state index contributed by atoms with van der Waals surface area (Å²) in [6.45, 7) is 8.27. The first kappa shape index (κ1) is 28.6. The van der Waals surface area contributed by atoms with Gasteiger partial charge < -0.3 is 0 Å². The fraction of sp³-hybridized carbons (Fsp3) is 0.636. The summed E-state index contributed by atoms with van der Waals surface area (Å²) in [5.74, 6) is 0. The fourth-order valence-electron chi connectivity index (χ4n) is 5.39. The maximum absolute atomic E-state index is 2.39. The standard InChI is InChI=1S/C33H54N/c1-3-5-7-9-11-13-15-23-29-34(33-27-21-18-22-28-33,31-32-25-19-17-20-26-32)30-24-16-14-12-10-8-6-4-2/h17-22,25-28H,3-16,23-24,29-31H2,1-2H3/q+1. The van der Waals surface area contributed by atoms with Gasteiger partial charge in [0.2, 0.25) is 0 Å². The van der Waals surface area contributed by atoms with E-state index in [1.807, 2.05) is 0 Å². The van der Waals surface area contributed by atoms with Gasteiger partial charge in [0.1, 0.15) is 12.2 Å². The maximum Gasteiger partial charge on any atom is 0.133 e. The van der Waals surface area contributed by atoms with E-state index in [4.69, 9.17) is 0 Å². The summed E-state index contributed by atoms with van der Waals surface area (Å²) in [6, 6.07) is 22.7. The Hall–Kier alpha value is -1.60. The summed E-state index contributed by atoms with van der Waals surface area (Å²) >= 11 is 0. The minimum atomic E-state index is 1.12. The summed E-state index contributed by atoms with van der Waals surface area (Å²) in [6.07, 6.45) is 22.3. The van der Waals surface area contributed by atoms with Gasteiger partial charge in [-0.05, 0) is 37.8 Å². The molecule has 0 fully saturated rings. The second-order valence-electron chi connectivity index (χ2n) is 10.5. The minimum Gasteiger partial charge on any atom is -0.287 e. The molecule has 0 saturated carbocycles. The van der Waals surface area contributed by atoms with Crippen molar-refractivity contribution in [2.24, 2.45) is 0 Å². The number of hydrogen-bond donors (Lipinski definition) is 0. The lowest BCUT2D eigenvalue weighted by atomic mass is 10.0. The topological polar surface area (TPSA) is 0 Å². The van der Waals surface area contributed by atoms with Crippen molar-refractivity contribution in [3.63, 3.8) is 0 Å². The van der Waals surface area contributed by atoms with Gasteiger partial charge in [0, 0.05) is 5.56 Å². The van der Waals surface area contributed by atoms with Crippen molar-refractivity contribution in [3.05, 3.63) is 66.2 Å². The molecular weight excluding hydrogens is 410 g/mol. The highest BCUT2D eigenvalue weighted by Gasteiger charge is 2.29. The molecule has 0 aromatic heterocycles. The predicted octanol–water partition coefficient (Wildman–Crippen LogP) is 10.5. The molecule has 0 amide bonds. The lowest BCUT2D eigenvalue weighted by Crippen LogP contribution is -2.50. The van der Waals surface area contributed by atoms with Gasteiger partial charge in [-0.25, -0.2) is 0 Å². The molecule has 0 aliphatic heterocycles. The monoisotopic (exact) mass is 464 g/mol. The van der Waals surface area contributed by atoms with Gasteiger partial charge in [0.25, 0.3) is 0 Å². The average Bonchev–Trinajstić information content (AvgIpc) is 2.88. The number of rotatable bonds is 21. The molecule has 0 atom stereocenters. The first-order valence-electron chi connectivity index (χ1n) is 14.8. The van der Waals surface area contributed by atoms with Gasteiger partial charge in [0.05, 0.1) is 13.1 Å². The molecule has 2 rings (SSSR count). The molecule has 0 aliphatic carbocycles. The van der Waals surface area contributed by atoms with Crippen LogP contribution in [0.1, 0.15) is 122 Å². The first-order chi connectivity index (χ1) is 16.8. The third kappa shape index (κ3) is 11.7. The second kappa shape index (κ2) is 18.7. The third-order valence-corrected chi connectivity index (χ3v) is 7.51. The molecule has 2 aromatic rings. The van der Waals surface area contributed by atoms with E-state index in [9.17, 15) is 0 Å². The van der Waals surface area contributed by atoms with Crippen molar-refractivity contribution in [1.29, 1.82) is 0 Å². The lowest BCUT2D eigenvalue weighted by Gasteiger charge is -2.39. The van der Waals surface area contributed by atoms with Gasteiger partial charge in [-0.15, -0.1) is 0 Å². The van der Waals surface area contributed by atoms with E-state index in [0.29, 0.717) is 0 Å². The Kier molecular flexibility index (Phi) is 15.7. The quantitative estimate of drug-likeness (QED) is 0.127. The van der Waals surface area contributed by atoms with Gasteiger partial charge in [0.15, 0.2) is 0 Å². The molecular formula is C33H54N+. The Balaban J connectivity index is 1.98. The largest absolute Gasteiger partial charge is 0.287 e. The number of unbranched alkanes of at least 4 members (excludes halogenated alkanes) is 14. The summed E-state index contributed by atoms with van der Waals surface area (Å²) in [4.78, 5) is 0. The van der Waals surface area contributed by atoms with Gasteiger partial charge in [-0.1, -0.05) is 139 Å². The van der Waals surface area contributed by atoms with Crippen molar-refractivity contribution >= 4 is 5.69 Å². The van der Waals surface area contributed by atoms with Crippen LogP contribution in [0.3, 0.4) is 0 Å². The maximum atomic E-state index is 2.39. The molecule has 0 radical (unpaired) electrons. The molecule has 190 valence electrons. The molecule has 0 heterocycles. The van der Waals surface area contributed by atoms with Crippen LogP contribution >= 0.6 is 0 Å². The van der Waals surface area contributed by atoms with E-state index < -0.39 is 0 Å². The first-order valence-corrected chi connectivity index (χ1v) is 14.8. The molecule has 1 nitrogen and oxygen atoms in total. The van der Waals surface area contributed by atoms with Gasteiger partial charge in [-0.3, -0.25) is 4.48 Å². The number of nitrogens with zero attached hydrogens (tertiary/aromatic N) is 1. The zero-order chi connectivity index (χ0) is 24.2. The second-order valence-corrected chi connectivity index (χ2v) is 10.5. The van der Waals surface area contributed by atoms with Crippen LogP contribution in [0.15, 0.2) is 60.7 Å². The number of hydrogen-bond acceptors (Lipinski definition) is 0. The highest BCUT2D eigenvalue weighted by molar-refractivity contribution is 5.43. The number of quaternary nitrogens is 1. The predicted molar refractivity (Wildman–Crippen MR) is 153 cm³/mol. The minimum absolute atomic E-state index is 1.12. The highest BCUT2D eigenvalue weighted by Crippen LogP contribution is 2.29. The van der Waals surface area contributed by atoms with Crippen LogP contribution in [0, 0.1) is 0 Å². The molecule has 0 saturated heterocycles. The van der Waals surface area contributed by atoms with Crippen LogP contribution in [-0.4, -0.2) is 13.1 Å². The van der Waals surface area contributed by atoms with E-state index in [1.54, 1.807) is 0 Å². The molecule has 0 spiro atoms. The number of para-hydroxylation sites is 1. The van der Waals surface area contributed by atoms with Crippen LogP contribution in [0.4, 0.5) is 5.69 Å². The normalized spacial score (nSPS) is 11.7. The summed E-state index contributed by atoms with van der Waals surface area (Å²) in [5.41, 5.74) is 2.99. The van der Waals surface area contributed by atoms with Crippen LogP contribution in [0.2, 0.25) is 0 Å². The molecule has 0 unspecified atom stereocenters. The Labute approximate surface area is 212 Å². The highest BCUT2D eigenvalue weighted by atomic mass is 15.4. The summed E-state index contributed by atoms with van der Waals surface area (Å²) in [7, 11) is 0. The van der Waals surface area contributed by atoms with E-state index in [0.717, 1.165) is 11.0 Å². The molecule has 0 aliphatic rings. The molecule has 0 N–H and O–H groups in total.